The highest BCUT2D eigenvalue weighted by atomic mass is 15.2. The highest BCUT2D eigenvalue weighted by molar-refractivity contribution is 4.94. The van der Waals surface area contributed by atoms with E-state index < -0.39 is 0 Å². The van der Waals surface area contributed by atoms with Crippen LogP contribution in [0.25, 0.3) is 0 Å². The van der Waals surface area contributed by atoms with Gasteiger partial charge in [0, 0.05) is 12.1 Å². The van der Waals surface area contributed by atoms with Gasteiger partial charge in [0.15, 0.2) is 0 Å². The van der Waals surface area contributed by atoms with E-state index in [-0.39, 0.29) is 0 Å². The van der Waals surface area contributed by atoms with E-state index in [4.69, 9.17) is 0 Å². The first-order chi connectivity index (χ1) is 6.45. The van der Waals surface area contributed by atoms with E-state index in [1.165, 1.54) is 51.5 Å². The van der Waals surface area contributed by atoms with Crippen molar-refractivity contribution in [1.29, 1.82) is 0 Å². The van der Waals surface area contributed by atoms with Crippen LogP contribution in [0.3, 0.4) is 0 Å². The Morgan fingerprint density at radius 1 is 0.769 bits per heavy atom. The number of rotatable bonds is 0. The Bertz CT molecular complexity index is 166. The van der Waals surface area contributed by atoms with E-state index in [9.17, 15) is 0 Å². The van der Waals surface area contributed by atoms with Gasteiger partial charge in [0.1, 0.15) is 0 Å². The lowest BCUT2D eigenvalue weighted by Crippen LogP contribution is -2.51. The first-order valence-electron chi connectivity index (χ1n) is 6.21. The number of fused-ring (bicyclic) bond motifs is 3. The van der Waals surface area contributed by atoms with Gasteiger partial charge in [-0.2, -0.15) is 0 Å². The molecule has 4 aliphatic rings. The maximum Gasteiger partial charge on any atom is 0.0126 e. The predicted molar refractivity (Wildman–Crippen MR) is 54.7 cm³/mol. The van der Waals surface area contributed by atoms with Crippen LogP contribution in [0.4, 0.5) is 0 Å². The highest BCUT2D eigenvalue weighted by Gasteiger charge is 2.39. The van der Waals surface area contributed by atoms with Crippen molar-refractivity contribution in [2.45, 2.75) is 63.5 Å². The van der Waals surface area contributed by atoms with Gasteiger partial charge in [-0.1, -0.05) is 12.8 Å². The average Bonchev–Trinajstić information content (AvgIpc) is 2.52. The molecule has 3 aliphatic heterocycles. The molecule has 1 saturated carbocycles. The zero-order valence-corrected chi connectivity index (χ0v) is 8.54. The molecule has 0 aromatic carbocycles. The Morgan fingerprint density at radius 2 is 1.77 bits per heavy atom. The summed E-state index contributed by atoms with van der Waals surface area (Å²) >= 11 is 0. The summed E-state index contributed by atoms with van der Waals surface area (Å²) in [7, 11) is 0. The molecule has 4 rings (SSSR count). The minimum atomic E-state index is 0.990. The predicted octanol–water partition coefficient (Wildman–Crippen LogP) is 2.80. The third kappa shape index (κ3) is 1.32. The number of hydrogen-bond donors (Lipinski definition) is 0. The van der Waals surface area contributed by atoms with Gasteiger partial charge in [-0.15, -0.1) is 0 Å². The van der Waals surface area contributed by atoms with E-state index in [1.54, 1.807) is 6.42 Å². The van der Waals surface area contributed by atoms with Gasteiger partial charge < -0.3 is 0 Å². The topological polar surface area (TPSA) is 3.24 Å². The van der Waals surface area contributed by atoms with Crippen LogP contribution in [0.5, 0.6) is 0 Å². The average molecular weight is 179 g/mol. The van der Waals surface area contributed by atoms with E-state index in [1.807, 2.05) is 0 Å². The molecule has 0 amide bonds. The molecule has 3 unspecified atom stereocenters. The van der Waals surface area contributed by atoms with E-state index in [0.29, 0.717) is 0 Å². The van der Waals surface area contributed by atoms with E-state index in [0.717, 1.165) is 18.0 Å². The van der Waals surface area contributed by atoms with Gasteiger partial charge in [0.05, 0.1) is 0 Å². The molecule has 1 heteroatoms. The normalized spacial score (nSPS) is 45.7. The Balaban J connectivity index is 1.85. The quantitative estimate of drug-likeness (QED) is 0.552. The second-order valence-electron chi connectivity index (χ2n) is 5.22. The van der Waals surface area contributed by atoms with Crippen molar-refractivity contribution in [1.82, 2.24) is 4.90 Å². The Hall–Kier alpha value is -0.0400. The van der Waals surface area contributed by atoms with Crippen LogP contribution in [-0.4, -0.2) is 23.5 Å². The smallest absolute Gasteiger partial charge is 0.0126 e. The molecule has 1 aliphatic carbocycles. The fourth-order valence-corrected chi connectivity index (χ4v) is 3.97. The van der Waals surface area contributed by atoms with Crippen LogP contribution >= 0.6 is 0 Å². The fourth-order valence-electron chi connectivity index (χ4n) is 3.97. The lowest BCUT2D eigenvalue weighted by atomic mass is 9.81. The third-order valence-corrected chi connectivity index (χ3v) is 4.59. The summed E-state index contributed by atoms with van der Waals surface area (Å²) in [4.78, 5) is 2.88. The van der Waals surface area contributed by atoms with Gasteiger partial charge in [-0.05, 0) is 51.0 Å². The molecule has 0 aromatic rings. The summed E-state index contributed by atoms with van der Waals surface area (Å²) in [5.74, 6) is 1.08. The SMILES string of the molecule is C1CC2CCC(C1)N1CCCCC21. The van der Waals surface area contributed by atoms with Crippen molar-refractivity contribution < 1.29 is 0 Å². The number of nitrogens with zero attached hydrogens (tertiary/aromatic N) is 1. The summed E-state index contributed by atoms with van der Waals surface area (Å²) in [6, 6.07) is 2.00. The van der Waals surface area contributed by atoms with Crippen molar-refractivity contribution in [2.75, 3.05) is 6.54 Å². The molecule has 1 nitrogen and oxygen atoms in total. The van der Waals surface area contributed by atoms with Crippen LogP contribution < -0.4 is 0 Å². The van der Waals surface area contributed by atoms with Crippen molar-refractivity contribution >= 4 is 0 Å². The molecule has 2 bridgehead atoms. The summed E-state index contributed by atoms with van der Waals surface area (Å²) in [6.07, 6.45) is 12.1. The van der Waals surface area contributed by atoms with Gasteiger partial charge in [-0.3, -0.25) is 4.90 Å². The monoisotopic (exact) mass is 179 g/mol. The second-order valence-corrected chi connectivity index (χ2v) is 5.22. The van der Waals surface area contributed by atoms with Crippen molar-refractivity contribution in [3.05, 3.63) is 0 Å². The number of piperidine rings is 2. The molecule has 0 N–H and O–H groups in total. The maximum absolute atomic E-state index is 2.88. The Morgan fingerprint density at radius 3 is 2.77 bits per heavy atom. The standard InChI is InChI=1S/C12H21N/c1-2-9-13-11-5-3-4-10(7-8-11)12(13)6-1/h10-12H,1-9H2. The molecule has 0 radical (unpaired) electrons. The molecular formula is C12H21N. The van der Waals surface area contributed by atoms with Gasteiger partial charge in [0.25, 0.3) is 0 Å². The summed E-state index contributed by atoms with van der Waals surface area (Å²) < 4.78 is 0. The van der Waals surface area contributed by atoms with E-state index >= 15 is 0 Å². The minimum absolute atomic E-state index is 0.990. The first kappa shape index (κ1) is 8.28. The maximum atomic E-state index is 2.88. The Kier molecular flexibility index (Phi) is 2.08. The molecule has 74 valence electrons. The lowest BCUT2D eigenvalue weighted by molar-refractivity contribution is 0.0257. The van der Waals surface area contributed by atoms with Gasteiger partial charge >= 0.3 is 0 Å². The summed E-state index contributed by atoms with van der Waals surface area (Å²) in [6.45, 7) is 1.42. The molecule has 0 spiro atoms. The van der Waals surface area contributed by atoms with Crippen LogP contribution in [0, 0.1) is 5.92 Å². The first-order valence-corrected chi connectivity index (χ1v) is 6.21. The molecule has 13 heavy (non-hydrogen) atoms. The molecule has 3 atom stereocenters. The summed E-state index contributed by atoms with van der Waals surface area (Å²) in [5, 5.41) is 0. The molecule has 3 saturated heterocycles. The molecular weight excluding hydrogens is 158 g/mol. The lowest BCUT2D eigenvalue weighted by Gasteiger charge is -2.47. The van der Waals surface area contributed by atoms with Gasteiger partial charge in [-0.25, -0.2) is 0 Å². The van der Waals surface area contributed by atoms with Gasteiger partial charge in [0.2, 0.25) is 0 Å². The van der Waals surface area contributed by atoms with E-state index in [2.05, 4.69) is 4.90 Å². The summed E-state index contributed by atoms with van der Waals surface area (Å²) in [5.41, 5.74) is 0. The van der Waals surface area contributed by atoms with Crippen molar-refractivity contribution in [3.8, 4) is 0 Å². The van der Waals surface area contributed by atoms with Crippen molar-refractivity contribution in [3.63, 3.8) is 0 Å². The zero-order valence-electron chi connectivity index (χ0n) is 8.54. The van der Waals surface area contributed by atoms with Crippen LogP contribution in [0.1, 0.15) is 51.4 Å². The largest absolute Gasteiger partial charge is 0.297 e. The van der Waals surface area contributed by atoms with Crippen LogP contribution in [0.15, 0.2) is 0 Å². The molecule has 0 aromatic heterocycles. The molecule has 4 fully saturated rings. The third-order valence-electron chi connectivity index (χ3n) is 4.59. The zero-order chi connectivity index (χ0) is 8.67. The number of hydrogen-bond acceptors (Lipinski definition) is 1. The van der Waals surface area contributed by atoms with Crippen LogP contribution in [-0.2, 0) is 0 Å². The molecule has 3 heterocycles. The Labute approximate surface area is 81.5 Å². The highest BCUT2D eigenvalue weighted by Crippen LogP contribution is 2.41. The fraction of sp³-hybridized carbons (Fsp3) is 1.00. The van der Waals surface area contributed by atoms with Crippen LogP contribution in [0.2, 0.25) is 0 Å². The van der Waals surface area contributed by atoms with Crippen molar-refractivity contribution in [2.24, 2.45) is 5.92 Å². The second kappa shape index (κ2) is 3.27. The minimum Gasteiger partial charge on any atom is -0.297 e.